The third kappa shape index (κ3) is 3.99. The number of hydrogen-bond donors (Lipinski definition) is 0. The van der Waals surface area contributed by atoms with Crippen LogP contribution in [-0.2, 0) is 0 Å². The highest BCUT2D eigenvalue weighted by atomic mass is 16.3. The Hall–Kier alpha value is -7.16. The fraction of sp³-hybridized carbons (Fsp3) is 0. The summed E-state index contributed by atoms with van der Waals surface area (Å²) in [6.45, 7) is 0. The number of aromatic nitrogens is 2. The first-order valence-corrected chi connectivity index (χ1v) is 16.9. The van der Waals surface area contributed by atoms with Gasteiger partial charge in [0.2, 0.25) is 0 Å². The van der Waals surface area contributed by atoms with Gasteiger partial charge in [0.15, 0.2) is 5.58 Å². The second-order valence-corrected chi connectivity index (χ2v) is 13.0. The molecule has 0 fully saturated rings. The highest BCUT2D eigenvalue weighted by Crippen LogP contribution is 2.43. The first-order chi connectivity index (χ1) is 25.2. The van der Waals surface area contributed by atoms with Crippen LogP contribution < -0.4 is 0 Å². The number of benzene rings is 7. The Morgan fingerprint density at radius 3 is 2.00 bits per heavy atom. The van der Waals surface area contributed by atoms with E-state index in [9.17, 15) is 5.26 Å². The summed E-state index contributed by atoms with van der Waals surface area (Å²) < 4.78 is 15.3. The van der Waals surface area contributed by atoms with E-state index < -0.39 is 0 Å². The number of furan rings is 2. The molecule has 0 saturated carbocycles. The molecule has 11 rings (SSSR count). The zero-order valence-electron chi connectivity index (χ0n) is 27.1. The normalized spacial score (nSPS) is 11.9. The summed E-state index contributed by atoms with van der Waals surface area (Å²) in [5.74, 6) is 0. The standard InChI is InChI=1S/C46H25N3O2/c47-26-27-17-21-38-36(23-27)37-25-29(18-22-39(37)49(38)31-11-2-1-3-12-31)28-9-8-10-30(24-28)43-42-34-14-5-7-16-41(34)50-45(42)35-20-19-33-32-13-4-6-15-40(32)51-46(33)44(35)48-43/h1-25H. The molecule has 0 amide bonds. The lowest BCUT2D eigenvalue weighted by Crippen LogP contribution is -1.93. The van der Waals surface area contributed by atoms with Gasteiger partial charge in [0.05, 0.1) is 33.7 Å². The van der Waals surface area contributed by atoms with Crippen molar-refractivity contribution in [2.45, 2.75) is 0 Å². The quantitative estimate of drug-likeness (QED) is 0.191. The van der Waals surface area contributed by atoms with Crippen LogP contribution in [-0.4, -0.2) is 9.55 Å². The number of para-hydroxylation sites is 3. The first kappa shape index (κ1) is 27.8. The van der Waals surface area contributed by atoms with E-state index in [2.05, 4.69) is 102 Å². The van der Waals surface area contributed by atoms with Crippen LogP contribution in [0.15, 0.2) is 160 Å². The summed E-state index contributed by atoms with van der Waals surface area (Å²) in [5, 5.41) is 16.9. The molecule has 0 radical (unpaired) electrons. The van der Waals surface area contributed by atoms with Gasteiger partial charge in [-0.15, -0.1) is 0 Å². The molecule has 11 aromatic rings. The van der Waals surface area contributed by atoms with Crippen molar-refractivity contribution in [3.05, 3.63) is 157 Å². The van der Waals surface area contributed by atoms with Crippen LogP contribution >= 0.6 is 0 Å². The number of rotatable bonds is 3. The van der Waals surface area contributed by atoms with Crippen LogP contribution in [0.2, 0.25) is 0 Å². The van der Waals surface area contributed by atoms with Gasteiger partial charge in [-0.25, -0.2) is 4.98 Å². The Balaban J connectivity index is 1.16. The van der Waals surface area contributed by atoms with Gasteiger partial charge >= 0.3 is 0 Å². The molecule has 4 heterocycles. The monoisotopic (exact) mass is 651 g/mol. The van der Waals surface area contributed by atoms with Crippen LogP contribution in [0, 0.1) is 11.3 Å². The van der Waals surface area contributed by atoms with Crippen LogP contribution in [0.25, 0.3) is 105 Å². The van der Waals surface area contributed by atoms with Crippen LogP contribution in [0.3, 0.4) is 0 Å². The Morgan fingerprint density at radius 1 is 0.490 bits per heavy atom. The minimum Gasteiger partial charge on any atom is -0.455 e. The summed E-state index contributed by atoms with van der Waals surface area (Å²) in [4.78, 5) is 5.41. The van der Waals surface area contributed by atoms with E-state index in [4.69, 9.17) is 13.8 Å². The SMILES string of the molecule is N#Cc1ccc2c(c1)c1cc(-c3cccc(-c4nc5c(ccc6c7ccccc7oc65)c5oc6ccccc6c45)c3)ccc1n2-c1ccccc1. The number of nitrogens with zero attached hydrogens (tertiary/aromatic N) is 3. The van der Waals surface area contributed by atoms with Gasteiger partial charge in [-0.2, -0.15) is 5.26 Å². The highest BCUT2D eigenvalue weighted by Gasteiger charge is 2.22. The summed E-state index contributed by atoms with van der Waals surface area (Å²) in [6, 6.07) is 54.3. The molecule has 4 aromatic heterocycles. The Labute approximate surface area is 290 Å². The number of nitriles is 1. The van der Waals surface area contributed by atoms with Crippen molar-refractivity contribution in [1.29, 1.82) is 5.26 Å². The second kappa shape index (κ2) is 10.4. The molecule has 5 nitrogen and oxygen atoms in total. The number of hydrogen-bond acceptors (Lipinski definition) is 4. The zero-order chi connectivity index (χ0) is 33.6. The van der Waals surface area contributed by atoms with Gasteiger partial charge in [0.1, 0.15) is 22.3 Å². The van der Waals surface area contributed by atoms with Gasteiger partial charge in [0.25, 0.3) is 0 Å². The van der Waals surface area contributed by atoms with Crippen LogP contribution in [0.4, 0.5) is 0 Å². The van der Waals surface area contributed by atoms with E-state index in [-0.39, 0.29) is 0 Å². The van der Waals surface area contributed by atoms with Gasteiger partial charge in [-0.3, -0.25) is 0 Å². The number of pyridine rings is 1. The van der Waals surface area contributed by atoms with Gasteiger partial charge < -0.3 is 13.4 Å². The number of fused-ring (bicyclic) bond motifs is 12. The van der Waals surface area contributed by atoms with Crippen molar-refractivity contribution in [3.63, 3.8) is 0 Å². The molecule has 236 valence electrons. The maximum atomic E-state index is 9.78. The molecular formula is C46H25N3O2. The molecule has 0 unspecified atom stereocenters. The van der Waals surface area contributed by atoms with Gasteiger partial charge in [-0.05, 0) is 83.9 Å². The molecular weight excluding hydrogens is 627 g/mol. The summed E-state index contributed by atoms with van der Waals surface area (Å²) in [6.07, 6.45) is 0. The molecule has 51 heavy (non-hydrogen) atoms. The smallest absolute Gasteiger partial charge is 0.161 e. The third-order valence-electron chi connectivity index (χ3n) is 10.2. The molecule has 0 N–H and O–H groups in total. The van der Waals surface area contributed by atoms with Crippen LogP contribution in [0.5, 0.6) is 0 Å². The Bertz CT molecular complexity index is 3270. The average Bonchev–Trinajstić information content (AvgIpc) is 3.87. The topological polar surface area (TPSA) is 67.9 Å². The predicted octanol–water partition coefficient (Wildman–Crippen LogP) is 12.3. The lowest BCUT2D eigenvalue weighted by Gasteiger charge is -2.10. The zero-order valence-corrected chi connectivity index (χ0v) is 27.1. The average molecular weight is 652 g/mol. The van der Waals surface area contributed by atoms with E-state index in [0.29, 0.717) is 5.56 Å². The van der Waals surface area contributed by atoms with E-state index in [0.717, 1.165) is 105 Å². The van der Waals surface area contributed by atoms with Crippen molar-refractivity contribution in [2.75, 3.05) is 0 Å². The molecule has 0 aliphatic carbocycles. The molecule has 0 aliphatic rings. The van der Waals surface area contributed by atoms with Crippen LogP contribution in [0.1, 0.15) is 5.56 Å². The molecule has 0 bridgehead atoms. The minimum absolute atomic E-state index is 0.638. The first-order valence-electron chi connectivity index (χ1n) is 16.9. The maximum Gasteiger partial charge on any atom is 0.161 e. The molecule has 0 saturated heterocycles. The fourth-order valence-electron chi connectivity index (χ4n) is 7.89. The fourth-order valence-corrected chi connectivity index (χ4v) is 7.89. The third-order valence-corrected chi connectivity index (χ3v) is 10.2. The Kier molecular flexibility index (Phi) is 5.67. The minimum atomic E-state index is 0.638. The second-order valence-electron chi connectivity index (χ2n) is 13.0. The lowest BCUT2D eigenvalue weighted by molar-refractivity contribution is 0.668. The lowest BCUT2D eigenvalue weighted by atomic mass is 9.97. The van der Waals surface area contributed by atoms with E-state index >= 15 is 0 Å². The Morgan fingerprint density at radius 2 is 1.16 bits per heavy atom. The molecule has 5 heteroatoms. The van der Waals surface area contributed by atoms with Crippen molar-refractivity contribution in [1.82, 2.24) is 9.55 Å². The molecule has 7 aromatic carbocycles. The van der Waals surface area contributed by atoms with E-state index in [1.165, 1.54) is 0 Å². The maximum absolute atomic E-state index is 9.78. The van der Waals surface area contributed by atoms with E-state index in [1.807, 2.05) is 60.7 Å². The molecule has 0 spiro atoms. The summed E-state index contributed by atoms with van der Waals surface area (Å²) in [5.41, 5.74) is 11.8. The largest absolute Gasteiger partial charge is 0.455 e. The van der Waals surface area contributed by atoms with Crippen molar-refractivity contribution >= 4 is 76.6 Å². The highest BCUT2D eigenvalue weighted by molar-refractivity contribution is 6.24. The van der Waals surface area contributed by atoms with Gasteiger partial charge in [0, 0.05) is 43.6 Å². The predicted molar refractivity (Wildman–Crippen MR) is 206 cm³/mol. The summed E-state index contributed by atoms with van der Waals surface area (Å²) >= 11 is 0. The molecule has 0 atom stereocenters. The van der Waals surface area contributed by atoms with Crippen molar-refractivity contribution < 1.29 is 8.83 Å². The summed E-state index contributed by atoms with van der Waals surface area (Å²) in [7, 11) is 0. The van der Waals surface area contributed by atoms with E-state index in [1.54, 1.807) is 0 Å². The molecule has 0 aliphatic heterocycles. The van der Waals surface area contributed by atoms with Crippen molar-refractivity contribution in [2.24, 2.45) is 0 Å². The van der Waals surface area contributed by atoms with Crippen molar-refractivity contribution in [3.8, 4) is 34.1 Å². The van der Waals surface area contributed by atoms with Gasteiger partial charge in [-0.1, -0.05) is 78.9 Å².